The molecule has 0 unspecified atom stereocenters. The molecule has 0 aliphatic carbocycles. The molecule has 0 saturated heterocycles. The zero-order valence-corrected chi connectivity index (χ0v) is 55.7. The fourth-order valence-corrected chi connectivity index (χ4v) is 14.6. The summed E-state index contributed by atoms with van der Waals surface area (Å²) in [5.41, 5.74) is 21.9. The van der Waals surface area contributed by atoms with Crippen LogP contribution in [0, 0.1) is 15.9 Å². The van der Waals surface area contributed by atoms with Crippen LogP contribution in [0.4, 0.5) is 34.3 Å². The van der Waals surface area contributed by atoms with Gasteiger partial charge in [-0.1, -0.05) is 123 Å². The van der Waals surface area contributed by atoms with Crippen molar-refractivity contribution in [1.82, 2.24) is 14.1 Å². The Balaban J connectivity index is 1.01. The molecule has 2 aliphatic rings. The van der Waals surface area contributed by atoms with Gasteiger partial charge in [-0.2, -0.15) is 0 Å². The number of aromatic nitrogens is 3. The number of pyridine rings is 1. The number of hydrogen-bond acceptors (Lipinski definition) is 4. The summed E-state index contributed by atoms with van der Waals surface area (Å²) in [7, 11) is 0. The molecule has 1 spiro atoms. The van der Waals surface area contributed by atoms with E-state index in [9.17, 15) is 0 Å². The van der Waals surface area contributed by atoms with Crippen molar-refractivity contribution in [1.29, 1.82) is 0 Å². The Morgan fingerprint density at radius 1 is 0.400 bits per heavy atom. The molecule has 7 heteroatoms. The second-order valence-electron chi connectivity index (χ2n) is 28.3. The molecule has 10 aromatic carbocycles. The molecule has 2 aromatic heterocycles. The van der Waals surface area contributed by atoms with E-state index in [4.69, 9.17) is 9.72 Å². The first-order chi connectivity index (χ1) is 43.1. The van der Waals surface area contributed by atoms with Crippen molar-refractivity contribution < 1.29 is 24.1 Å². The number of nitrogens with zero attached hydrogens (tertiary/aromatic N) is 5. The molecule has 6 nitrogen and oxygen atoms in total. The topological polar surface area (TPSA) is 38.5 Å². The number of para-hydroxylation sites is 5. The molecular weight excluding hydrogens is 1280 g/mol. The Labute approximate surface area is 542 Å². The predicted molar refractivity (Wildman–Crippen MR) is 368 cm³/mol. The van der Waals surface area contributed by atoms with Gasteiger partial charge in [0, 0.05) is 11.9 Å². The summed E-state index contributed by atoms with van der Waals surface area (Å²) in [6.07, 6.45) is 1.96. The van der Waals surface area contributed by atoms with E-state index in [0.717, 1.165) is 99.4 Å². The zero-order chi connectivity index (χ0) is 62.6. The Morgan fingerprint density at radius 2 is 0.900 bits per heavy atom. The number of hydrogen-bond donors (Lipinski definition) is 0. The van der Waals surface area contributed by atoms with Crippen molar-refractivity contribution in [2.24, 2.45) is 0 Å². The minimum absolute atomic E-state index is 0.129. The standard InChI is InChI=1S/C83H75N5O.Pt/c1-79(2,3)57-39-42-68-74(49-57)87(61-31-20-15-21-32-61)75-50-58(80(4,5)6)40-43-69(75)83(68)67-35-22-23-36-71(67)88(77-51-59(45-46-84-77)81(7,8)9)76-53-63(41-44-70(76)83)89-64-48-60(82(10,11)12)47-62(52-64)85-54-86(73-38-25-24-37-72(73)85)78-65(55-27-16-13-17-28-55)33-26-34-66(78)56-29-18-14-19-30-56;/h13-51H,1-12H3;/q-2;. The second kappa shape index (κ2) is 21.8. The van der Waals surface area contributed by atoms with E-state index in [-0.39, 0.29) is 21.7 Å². The first kappa shape index (κ1) is 58.6. The van der Waals surface area contributed by atoms with Gasteiger partial charge >= 0.3 is 331 Å². The van der Waals surface area contributed by atoms with Gasteiger partial charge in [0.15, 0.2) is 0 Å². The third-order valence-electron chi connectivity index (χ3n) is 18.2. The monoisotopic (exact) mass is 1350 g/mol. The van der Waals surface area contributed by atoms with Crippen molar-refractivity contribution >= 4 is 45.3 Å². The zero-order valence-electron chi connectivity index (χ0n) is 53.5. The fraction of sp³-hybridized carbons (Fsp3) is 0.205. The normalized spacial score (nSPS) is 13.7. The fourth-order valence-electron chi connectivity index (χ4n) is 13.5. The van der Waals surface area contributed by atoms with Crippen molar-refractivity contribution in [3.8, 4) is 45.1 Å². The summed E-state index contributed by atoms with van der Waals surface area (Å²) in [5, 5.41) is 0. The van der Waals surface area contributed by atoms with E-state index in [1.165, 1.54) is 27.8 Å². The molecule has 2 aliphatic heterocycles. The second-order valence-corrected chi connectivity index (χ2v) is 29.3. The molecular formula is C83H75N5OPt-2. The molecule has 0 saturated carbocycles. The average molecular weight is 1350 g/mol. The molecule has 0 radical (unpaired) electrons. The molecule has 0 bridgehead atoms. The van der Waals surface area contributed by atoms with Crippen molar-refractivity contribution in [3.63, 3.8) is 0 Å². The molecule has 0 amide bonds. The Hall–Kier alpha value is -9.09. The van der Waals surface area contributed by atoms with Crippen LogP contribution >= 0.6 is 0 Å². The van der Waals surface area contributed by atoms with Crippen LogP contribution in [0.2, 0.25) is 0 Å². The minimum atomic E-state index is -0.839. The molecule has 90 heavy (non-hydrogen) atoms. The molecule has 0 fully saturated rings. The van der Waals surface area contributed by atoms with Crippen molar-refractivity contribution in [3.05, 3.63) is 297 Å². The summed E-state index contributed by atoms with van der Waals surface area (Å²) >= 11 is 2.53. The van der Waals surface area contributed by atoms with Gasteiger partial charge in [-0.05, 0) is 63.3 Å². The van der Waals surface area contributed by atoms with Crippen LogP contribution in [-0.4, -0.2) is 14.1 Å². The summed E-state index contributed by atoms with van der Waals surface area (Å²) in [5.74, 6) is 1.96. The summed E-state index contributed by atoms with van der Waals surface area (Å²) < 4.78 is 13.2. The average Bonchev–Trinajstić information content (AvgIpc) is 0.802. The summed E-state index contributed by atoms with van der Waals surface area (Å²) in [6, 6.07) is 92.5. The Morgan fingerprint density at radius 3 is 1.48 bits per heavy atom. The number of rotatable bonds is 8. The van der Waals surface area contributed by atoms with Gasteiger partial charge in [-0.3, -0.25) is 0 Å². The van der Waals surface area contributed by atoms with Crippen LogP contribution in [0.3, 0.4) is 0 Å². The van der Waals surface area contributed by atoms with Crippen molar-refractivity contribution in [2.45, 2.75) is 110 Å². The third kappa shape index (κ3) is 9.90. The SMILES string of the molecule is CC(C)(C)c1cc(Oc2[c-]c3c(cc2)C2(c4ccccc4N3c3cc(C(C)(C)C)ccn3)c3ccc(C(C)(C)C)cc3N(c3ccccc3)c3cc(C(C)(C)C)ccc32)[c-]c(-n2[c](=[Pt])n(-c3c(-c4ccccc4)cccc3-c3ccccc3)c3ccccc32)c1. The van der Waals surface area contributed by atoms with Crippen molar-refractivity contribution in [2.75, 3.05) is 9.80 Å². The molecule has 450 valence electrons. The molecule has 0 N–H and O–H groups in total. The first-order valence-electron chi connectivity index (χ1n) is 31.4. The van der Waals surface area contributed by atoms with Gasteiger partial charge < -0.3 is 4.90 Å². The number of benzene rings is 10. The number of fused-ring (bicyclic) bond motifs is 9. The van der Waals surface area contributed by atoms with E-state index in [0.29, 0.717) is 11.5 Å². The summed E-state index contributed by atoms with van der Waals surface area (Å²) in [6.45, 7) is 27.5. The molecule has 12 aromatic rings. The number of anilines is 6. The van der Waals surface area contributed by atoms with E-state index in [1.807, 2.05) is 6.20 Å². The van der Waals surface area contributed by atoms with E-state index in [2.05, 4.69) is 364 Å². The van der Waals surface area contributed by atoms with Gasteiger partial charge in [0.25, 0.3) is 0 Å². The van der Waals surface area contributed by atoms with Crippen LogP contribution in [0.25, 0.3) is 44.7 Å². The predicted octanol–water partition coefficient (Wildman–Crippen LogP) is 21.8. The Bertz CT molecular complexity index is 4690. The maximum absolute atomic E-state index is 7.40. The third-order valence-corrected chi connectivity index (χ3v) is 19.3. The van der Waals surface area contributed by atoms with E-state index in [1.54, 1.807) is 0 Å². The van der Waals surface area contributed by atoms with E-state index >= 15 is 0 Å². The van der Waals surface area contributed by atoms with Crippen LogP contribution in [0.15, 0.2) is 237 Å². The van der Waals surface area contributed by atoms with Crippen LogP contribution < -0.4 is 14.5 Å². The van der Waals surface area contributed by atoms with Crippen LogP contribution in [0.5, 0.6) is 11.5 Å². The molecule has 4 heterocycles. The van der Waals surface area contributed by atoms with Gasteiger partial charge in [0.1, 0.15) is 0 Å². The van der Waals surface area contributed by atoms with Crippen LogP contribution in [0.1, 0.15) is 128 Å². The molecule has 0 atom stereocenters. The van der Waals surface area contributed by atoms with Gasteiger partial charge in [-0.15, -0.1) is 0 Å². The maximum atomic E-state index is 7.40. The van der Waals surface area contributed by atoms with Gasteiger partial charge in [0.2, 0.25) is 0 Å². The molecule has 14 rings (SSSR count). The number of imidazole rings is 1. The van der Waals surface area contributed by atoms with Gasteiger partial charge in [-0.25, -0.2) is 0 Å². The Kier molecular flexibility index (Phi) is 14.2. The first-order valence-corrected chi connectivity index (χ1v) is 32.5. The van der Waals surface area contributed by atoms with Crippen LogP contribution in [-0.2, 0) is 46.4 Å². The quantitative estimate of drug-likeness (QED) is 0.142. The van der Waals surface area contributed by atoms with E-state index < -0.39 is 5.41 Å². The van der Waals surface area contributed by atoms with Gasteiger partial charge in [0.05, 0.1) is 11.4 Å². The summed E-state index contributed by atoms with van der Waals surface area (Å²) in [4.78, 5) is 10.1. The number of ether oxygens (including phenoxy) is 1.